The predicted octanol–water partition coefficient (Wildman–Crippen LogP) is 7.80. The Labute approximate surface area is 359 Å². The molecule has 2 bridgehead atoms. The maximum Gasteiger partial charge on any atom is 0.410 e. The molecule has 2 N–H and O–H groups in total. The molecule has 60 heavy (non-hydrogen) atoms. The first-order valence-corrected chi connectivity index (χ1v) is 21.3. The third-order valence-corrected chi connectivity index (χ3v) is 13.8. The fourth-order valence-corrected chi connectivity index (χ4v) is 10.3. The number of hydrogen-bond acceptors (Lipinski definition) is 9. The standard InChI is InChI=1S/C44H52Cl2N8O6/c1-42(2,3)60-41(58)54-21-14-33-31(24-54)48-37(52(33)5)39(56)50-29-12-8-10-27(35(29)46)26-9-7-11-28(34(26)45)49-38(55)36-47-30-23-53(20-13-32(30)51(36)4)22-19-43-15-17-44(25-43,18-16-43)40(57)59-6/h7-12H,13-25H2,1-6H3,(H,49,55)(H,50,56). The minimum atomic E-state index is -0.626. The van der Waals surface area contributed by atoms with Gasteiger partial charge in [-0.25, -0.2) is 14.8 Å². The van der Waals surface area contributed by atoms with Crippen LogP contribution in [0.15, 0.2) is 36.4 Å². The summed E-state index contributed by atoms with van der Waals surface area (Å²) in [6.45, 7) is 8.59. The minimum Gasteiger partial charge on any atom is -0.469 e. The average molecular weight is 860 g/mol. The van der Waals surface area contributed by atoms with E-state index in [1.165, 1.54) is 7.11 Å². The number of methoxy groups -OCH3 is 1. The van der Waals surface area contributed by atoms with Crippen LogP contribution in [-0.2, 0) is 54.3 Å². The van der Waals surface area contributed by atoms with Gasteiger partial charge in [0, 0.05) is 69.1 Å². The van der Waals surface area contributed by atoms with Gasteiger partial charge in [-0.2, -0.15) is 0 Å². The van der Waals surface area contributed by atoms with Crippen molar-refractivity contribution < 1.29 is 28.7 Å². The van der Waals surface area contributed by atoms with Crippen molar-refractivity contribution in [3.8, 4) is 11.1 Å². The molecule has 2 fully saturated rings. The summed E-state index contributed by atoms with van der Waals surface area (Å²) in [7, 11) is 5.15. The zero-order valence-electron chi connectivity index (χ0n) is 35.0. The van der Waals surface area contributed by atoms with E-state index in [0.717, 1.165) is 75.1 Å². The Bertz CT molecular complexity index is 2390. The van der Waals surface area contributed by atoms with Gasteiger partial charge >= 0.3 is 12.1 Å². The third kappa shape index (κ3) is 7.77. The van der Waals surface area contributed by atoms with Crippen LogP contribution in [0.4, 0.5) is 16.2 Å². The van der Waals surface area contributed by atoms with E-state index in [9.17, 15) is 19.2 Å². The lowest BCUT2D eigenvalue weighted by atomic mass is 9.80. The van der Waals surface area contributed by atoms with Gasteiger partial charge in [0.25, 0.3) is 11.8 Å². The second-order valence-electron chi connectivity index (χ2n) is 17.9. The van der Waals surface area contributed by atoms with Gasteiger partial charge in [0.05, 0.1) is 51.9 Å². The SMILES string of the molecule is COC(=O)C12CCC(CCN3CCc4c(nc(C(=O)Nc5cccc(-c6cccc(NC(=O)c7nc8c(n7C)CCN(C(=O)OC(C)(C)C)C8)c6Cl)c5Cl)n4C)C3)(CC1)C2. The van der Waals surface area contributed by atoms with Crippen LogP contribution < -0.4 is 10.6 Å². The molecule has 8 rings (SSSR count). The van der Waals surface area contributed by atoms with Crippen molar-refractivity contribution in [3.05, 3.63) is 80.9 Å². The van der Waals surface area contributed by atoms with Crippen LogP contribution in [0.2, 0.25) is 10.0 Å². The molecule has 0 spiro atoms. The summed E-state index contributed by atoms with van der Waals surface area (Å²) >= 11 is 13.9. The third-order valence-electron chi connectivity index (χ3n) is 13.0. The molecule has 2 aromatic heterocycles. The summed E-state index contributed by atoms with van der Waals surface area (Å²) in [4.78, 5) is 66.2. The second kappa shape index (κ2) is 15.8. The number of rotatable bonds is 9. The number of aromatic nitrogens is 4. The number of nitrogens with zero attached hydrogens (tertiary/aromatic N) is 6. The lowest BCUT2D eigenvalue weighted by Crippen LogP contribution is -2.40. The molecule has 0 saturated heterocycles. The maximum atomic E-state index is 13.8. The summed E-state index contributed by atoms with van der Waals surface area (Å²) in [6.07, 6.45) is 6.82. The van der Waals surface area contributed by atoms with Crippen LogP contribution >= 0.6 is 23.2 Å². The predicted molar refractivity (Wildman–Crippen MR) is 228 cm³/mol. The monoisotopic (exact) mass is 858 g/mol. The van der Waals surface area contributed by atoms with E-state index < -0.39 is 17.6 Å². The number of carbonyl (C=O) groups is 4. The first-order valence-electron chi connectivity index (χ1n) is 20.6. The van der Waals surface area contributed by atoms with E-state index in [4.69, 9.17) is 37.7 Å². The number of nitrogens with one attached hydrogen (secondary N) is 2. The second-order valence-corrected chi connectivity index (χ2v) is 18.7. The highest BCUT2D eigenvalue weighted by molar-refractivity contribution is 6.40. The van der Waals surface area contributed by atoms with Crippen molar-refractivity contribution in [2.45, 2.75) is 90.8 Å². The molecule has 14 nitrogen and oxygen atoms in total. The number of carbonyl (C=O) groups excluding carboxylic acids is 4. The highest BCUT2D eigenvalue weighted by atomic mass is 35.5. The van der Waals surface area contributed by atoms with Crippen LogP contribution in [0, 0.1) is 10.8 Å². The lowest BCUT2D eigenvalue weighted by molar-refractivity contribution is -0.152. The molecule has 4 heterocycles. The van der Waals surface area contributed by atoms with Crippen molar-refractivity contribution in [1.82, 2.24) is 28.9 Å². The normalized spacial score (nSPS) is 21.0. The Morgan fingerprint density at radius 3 is 1.85 bits per heavy atom. The lowest BCUT2D eigenvalue weighted by Gasteiger charge is -2.32. The topological polar surface area (TPSA) is 153 Å². The van der Waals surface area contributed by atoms with Gasteiger partial charge < -0.3 is 34.1 Å². The van der Waals surface area contributed by atoms with Gasteiger partial charge in [0.15, 0.2) is 11.6 Å². The molecule has 3 amide bonds. The van der Waals surface area contributed by atoms with Gasteiger partial charge in [0.2, 0.25) is 0 Å². The Balaban J connectivity index is 0.926. The van der Waals surface area contributed by atoms with Gasteiger partial charge in [-0.3, -0.25) is 19.3 Å². The van der Waals surface area contributed by atoms with Gasteiger partial charge in [-0.15, -0.1) is 0 Å². The maximum absolute atomic E-state index is 13.8. The Hall–Kier alpha value is -4.92. The first-order chi connectivity index (χ1) is 28.5. The summed E-state index contributed by atoms with van der Waals surface area (Å²) in [5, 5.41) is 6.42. The number of fused-ring (bicyclic) bond motifs is 4. The quantitative estimate of drug-likeness (QED) is 0.161. The highest BCUT2D eigenvalue weighted by Crippen LogP contribution is 2.63. The smallest absolute Gasteiger partial charge is 0.410 e. The van der Waals surface area contributed by atoms with Crippen LogP contribution in [-0.4, -0.2) is 85.1 Å². The molecule has 2 aliphatic heterocycles. The molecule has 318 valence electrons. The summed E-state index contributed by atoms with van der Waals surface area (Å²) in [5.41, 5.74) is 4.59. The molecular weight excluding hydrogens is 807 g/mol. The summed E-state index contributed by atoms with van der Waals surface area (Å²) < 4.78 is 14.3. The van der Waals surface area contributed by atoms with Gasteiger partial charge in [-0.05, 0) is 83.4 Å². The molecule has 0 atom stereocenters. The van der Waals surface area contributed by atoms with Crippen LogP contribution in [0.5, 0.6) is 0 Å². The molecule has 0 unspecified atom stereocenters. The van der Waals surface area contributed by atoms with Gasteiger partial charge in [0.1, 0.15) is 5.60 Å². The van der Waals surface area contributed by atoms with Crippen molar-refractivity contribution in [2.24, 2.45) is 24.9 Å². The fourth-order valence-electron chi connectivity index (χ4n) is 9.78. The van der Waals surface area contributed by atoms with Crippen molar-refractivity contribution in [1.29, 1.82) is 0 Å². The largest absolute Gasteiger partial charge is 0.469 e. The fraction of sp³-hybridized carbons (Fsp3) is 0.500. The van der Waals surface area contributed by atoms with Crippen LogP contribution in [0.1, 0.15) is 103 Å². The van der Waals surface area contributed by atoms with Crippen molar-refractivity contribution in [3.63, 3.8) is 0 Å². The first kappa shape index (κ1) is 41.8. The van der Waals surface area contributed by atoms with Crippen LogP contribution in [0.25, 0.3) is 11.1 Å². The summed E-state index contributed by atoms with van der Waals surface area (Å²) in [6, 6.07) is 10.6. The number of esters is 1. The average Bonchev–Trinajstić information content (AvgIpc) is 3.97. The number of amides is 3. The number of imidazole rings is 2. The molecule has 4 aromatic rings. The van der Waals surface area contributed by atoms with E-state index >= 15 is 0 Å². The number of benzene rings is 2. The Morgan fingerprint density at radius 1 is 0.783 bits per heavy atom. The molecule has 4 aliphatic rings. The Kier molecular flexibility index (Phi) is 11.0. The van der Waals surface area contributed by atoms with Gasteiger partial charge in [-0.1, -0.05) is 47.5 Å². The molecule has 2 saturated carbocycles. The number of halogens is 2. The Morgan fingerprint density at radius 2 is 1.32 bits per heavy atom. The van der Waals surface area contributed by atoms with Crippen molar-refractivity contribution >= 4 is 58.5 Å². The van der Waals surface area contributed by atoms with E-state index in [0.29, 0.717) is 53.5 Å². The molecule has 2 aliphatic carbocycles. The molecule has 2 aromatic carbocycles. The van der Waals surface area contributed by atoms with E-state index in [1.54, 1.807) is 52.9 Å². The number of ether oxygens (including phenoxy) is 2. The zero-order chi connectivity index (χ0) is 42.7. The van der Waals surface area contributed by atoms with E-state index in [1.807, 2.05) is 32.4 Å². The molecule has 0 radical (unpaired) electrons. The van der Waals surface area contributed by atoms with Crippen molar-refractivity contribution in [2.75, 3.05) is 37.4 Å². The van der Waals surface area contributed by atoms with E-state index in [-0.39, 0.29) is 45.1 Å². The zero-order valence-corrected chi connectivity index (χ0v) is 36.6. The molecular formula is C44H52Cl2N8O6. The highest BCUT2D eigenvalue weighted by Gasteiger charge is 2.58. The van der Waals surface area contributed by atoms with E-state index in [2.05, 4.69) is 20.5 Å². The summed E-state index contributed by atoms with van der Waals surface area (Å²) in [5.74, 6) is -0.409. The number of hydrogen-bond donors (Lipinski definition) is 2. The molecule has 16 heteroatoms. The number of anilines is 2. The van der Waals surface area contributed by atoms with Crippen LogP contribution in [0.3, 0.4) is 0 Å². The minimum absolute atomic E-state index is 0.0479.